The standard InChI is InChI=1S/C17H17FN4OS/c1-12-8-13(2-4-16(12)18)3-5-17(23)19-9-14-10-22(21-20-14)15-6-7-24-11-15/h2,4,6-8,10-11H,3,5,9H2,1H3,(H,19,23). The van der Waals surface area contributed by atoms with E-state index in [4.69, 9.17) is 0 Å². The second-order valence-corrected chi connectivity index (χ2v) is 6.28. The van der Waals surface area contributed by atoms with Gasteiger partial charge in [-0.2, -0.15) is 11.3 Å². The maximum Gasteiger partial charge on any atom is 0.220 e. The number of hydrogen-bond acceptors (Lipinski definition) is 4. The molecule has 3 aromatic rings. The van der Waals surface area contributed by atoms with Crippen molar-refractivity contribution in [3.05, 3.63) is 63.9 Å². The fraction of sp³-hybridized carbons (Fsp3) is 0.235. The van der Waals surface area contributed by atoms with Gasteiger partial charge in [-0.3, -0.25) is 4.79 Å². The van der Waals surface area contributed by atoms with E-state index in [1.54, 1.807) is 41.3 Å². The van der Waals surface area contributed by atoms with Crippen LogP contribution in [0.1, 0.15) is 23.2 Å². The molecule has 2 heterocycles. The lowest BCUT2D eigenvalue weighted by molar-refractivity contribution is -0.121. The highest BCUT2D eigenvalue weighted by molar-refractivity contribution is 7.08. The van der Waals surface area contributed by atoms with Gasteiger partial charge in [-0.25, -0.2) is 9.07 Å². The third-order valence-electron chi connectivity index (χ3n) is 3.64. The molecule has 0 saturated carbocycles. The van der Waals surface area contributed by atoms with Crippen LogP contribution in [0.2, 0.25) is 0 Å². The van der Waals surface area contributed by atoms with Crippen LogP contribution in [0.4, 0.5) is 4.39 Å². The molecule has 0 aliphatic carbocycles. The molecule has 0 bridgehead atoms. The zero-order valence-corrected chi connectivity index (χ0v) is 14.0. The highest BCUT2D eigenvalue weighted by Gasteiger charge is 2.07. The molecule has 5 nitrogen and oxygen atoms in total. The van der Waals surface area contributed by atoms with Gasteiger partial charge in [0.25, 0.3) is 0 Å². The van der Waals surface area contributed by atoms with Gasteiger partial charge in [-0.15, -0.1) is 5.10 Å². The number of carbonyl (C=O) groups is 1. The largest absolute Gasteiger partial charge is 0.350 e. The summed E-state index contributed by atoms with van der Waals surface area (Å²) in [5.41, 5.74) is 3.20. The van der Waals surface area contributed by atoms with Gasteiger partial charge in [0, 0.05) is 11.8 Å². The lowest BCUT2D eigenvalue weighted by Crippen LogP contribution is -2.23. The third kappa shape index (κ3) is 4.05. The summed E-state index contributed by atoms with van der Waals surface area (Å²) in [4.78, 5) is 11.9. The fourth-order valence-corrected chi connectivity index (χ4v) is 2.91. The fourth-order valence-electron chi connectivity index (χ4n) is 2.29. The number of aromatic nitrogens is 3. The number of halogens is 1. The van der Waals surface area contributed by atoms with Crippen molar-refractivity contribution in [3.63, 3.8) is 0 Å². The molecular formula is C17H17FN4OS. The van der Waals surface area contributed by atoms with Crippen LogP contribution in [0.5, 0.6) is 0 Å². The lowest BCUT2D eigenvalue weighted by atomic mass is 10.1. The first-order chi connectivity index (χ1) is 11.6. The Bertz CT molecular complexity index is 829. The topological polar surface area (TPSA) is 59.8 Å². The van der Waals surface area contributed by atoms with E-state index >= 15 is 0 Å². The predicted octanol–water partition coefficient (Wildman–Crippen LogP) is 3.03. The molecular weight excluding hydrogens is 327 g/mol. The Morgan fingerprint density at radius 1 is 1.38 bits per heavy atom. The molecule has 0 atom stereocenters. The summed E-state index contributed by atoms with van der Waals surface area (Å²) >= 11 is 1.59. The van der Waals surface area contributed by atoms with Gasteiger partial charge in [-0.1, -0.05) is 17.3 Å². The average Bonchev–Trinajstić information content (AvgIpc) is 3.25. The average molecular weight is 344 g/mol. The molecule has 0 spiro atoms. The second-order valence-electron chi connectivity index (χ2n) is 5.50. The molecule has 1 aromatic carbocycles. The Labute approximate surface area is 143 Å². The Morgan fingerprint density at radius 3 is 3.00 bits per heavy atom. The molecule has 0 fully saturated rings. The number of nitrogens with zero attached hydrogens (tertiary/aromatic N) is 3. The molecule has 0 aliphatic rings. The minimum Gasteiger partial charge on any atom is -0.350 e. The van der Waals surface area contributed by atoms with Crippen LogP contribution in [0.3, 0.4) is 0 Å². The van der Waals surface area contributed by atoms with Gasteiger partial charge in [0.15, 0.2) is 0 Å². The molecule has 0 radical (unpaired) electrons. The maximum absolute atomic E-state index is 13.2. The summed E-state index contributed by atoms with van der Waals surface area (Å²) in [6.07, 6.45) is 2.73. The number of aryl methyl sites for hydroxylation is 2. The molecule has 7 heteroatoms. The van der Waals surface area contributed by atoms with Gasteiger partial charge < -0.3 is 5.32 Å². The van der Waals surface area contributed by atoms with Crippen molar-refractivity contribution in [2.45, 2.75) is 26.3 Å². The molecule has 2 aromatic heterocycles. The zero-order chi connectivity index (χ0) is 16.9. The third-order valence-corrected chi connectivity index (χ3v) is 4.31. The van der Waals surface area contributed by atoms with Gasteiger partial charge in [0.05, 0.1) is 18.4 Å². The Balaban J connectivity index is 1.48. The van der Waals surface area contributed by atoms with Crippen LogP contribution in [0.15, 0.2) is 41.2 Å². The van der Waals surface area contributed by atoms with Gasteiger partial charge in [-0.05, 0) is 42.0 Å². The summed E-state index contributed by atoms with van der Waals surface area (Å²) in [7, 11) is 0. The van der Waals surface area contributed by atoms with E-state index in [1.165, 1.54) is 6.07 Å². The number of thiophene rings is 1. The second kappa shape index (κ2) is 7.35. The number of benzene rings is 1. The van der Waals surface area contributed by atoms with E-state index in [1.807, 2.05) is 16.8 Å². The molecule has 24 heavy (non-hydrogen) atoms. The van der Waals surface area contributed by atoms with Crippen molar-refractivity contribution < 1.29 is 9.18 Å². The van der Waals surface area contributed by atoms with E-state index in [9.17, 15) is 9.18 Å². The molecule has 124 valence electrons. The van der Waals surface area contributed by atoms with Crippen molar-refractivity contribution in [1.82, 2.24) is 20.3 Å². The van der Waals surface area contributed by atoms with E-state index in [2.05, 4.69) is 15.6 Å². The van der Waals surface area contributed by atoms with E-state index in [0.717, 1.165) is 11.3 Å². The summed E-state index contributed by atoms with van der Waals surface area (Å²) in [5, 5.41) is 14.8. The normalized spacial score (nSPS) is 10.8. The van der Waals surface area contributed by atoms with E-state index in [0.29, 0.717) is 30.6 Å². The summed E-state index contributed by atoms with van der Waals surface area (Å²) < 4.78 is 14.9. The summed E-state index contributed by atoms with van der Waals surface area (Å²) in [6, 6.07) is 6.87. The number of nitrogens with one attached hydrogen (secondary N) is 1. The number of hydrogen-bond donors (Lipinski definition) is 1. The van der Waals surface area contributed by atoms with Gasteiger partial charge in [0.2, 0.25) is 5.91 Å². The zero-order valence-electron chi connectivity index (χ0n) is 13.2. The highest BCUT2D eigenvalue weighted by Crippen LogP contribution is 2.12. The smallest absolute Gasteiger partial charge is 0.220 e. The molecule has 1 amide bonds. The first-order valence-corrected chi connectivity index (χ1v) is 8.51. The highest BCUT2D eigenvalue weighted by atomic mass is 32.1. The van der Waals surface area contributed by atoms with E-state index in [-0.39, 0.29) is 11.7 Å². The van der Waals surface area contributed by atoms with Gasteiger partial charge >= 0.3 is 0 Å². The van der Waals surface area contributed by atoms with Gasteiger partial charge in [0.1, 0.15) is 11.5 Å². The Kier molecular flexibility index (Phi) is 5.00. The monoisotopic (exact) mass is 344 g/mol. The molecule has 0 aliphatic heterocycles. The van der Waals surface area contributed by atoms with Crippen molar-refractivity contribution in [3.8, 4) is 5.69 Å². The number of amides is 1. The van der Waals surface area contributed by atoms with Crippen molar-refractivity contribution in [2.24, 2.45) is 0 Å². The SMILES string of the molecule is Cc1cc(CCC(=O)NCc2cn(-c3ccsc3)nn2)ccc1F. The summed E-state index contributed by atoms with van der Waals surface area (Å²) in [6.45, 7) is 2.06. The maximum atomic E-state index is 13.2. The lowest BCUT2D eigenvalue weighted by Gasteiger charge is -2.05. The molecule has 0 saturated heterocycles. The van der Waals surface area contributed by atoms with Crippen molar-refractivity contribution in [2.75, 3.05) is 0 Å². The van der Waals surface area contributed by atoms with Crippen LogP contribution in [-0.2, 0) is 17.8 Å². The van der Waals surface area contributed by atoms with Crippen LogP contribution in [0.25, 0.3) is 5.69 Å². The number of rotatable bonds is 6. The summed E-state index contributed by atoms with van der Waals surface area (Å²) in [5.74, 6) is -0.293. The van der Waals surface area contributed by atoms with Crippen LogP contribution >= 0.6 is 11.3 Å². The quantitative estimate of drug-likeness (QED) is 0.748. The van der Waals surface area contributed by atoms with Crippen LogP contribution in [-0.4, -0.2) is 20.9 Å². The minimum absolute atomic E-state index is 0.0675. The Morgan fingerprint density at radius 2 is 2.25 bits per heavy atom. The Hall–Kier alpha value is -2.54. The first kappa shape index (κ1) is 16.3. The molecule has 0 unspecified atom stereocenters. The van der Waals surface area contributed by atoms with E-state index < -0.39 is 0 Å². The number of carbonyl (C=O) groups excluding carboxylic acids is 1. The first-order valence-electron chi connectivity index (χ1n) is 7.57. The molecule has 1 N–H and O–H groups in total. The predicted molar refractivity (Wildman–Crippen MR) is 90.5 cm³/mol. The van der Waals surface area contributed by atoms with Crippen molar-refractivity contribution >= 4 is 17.2 Å². The molecule has 3 rings (SSSR count). The minimum atomic E-state index is -0.225. The van der Waals surface area contributed by atoms with Crippen molar-refractivity contribution in [1.29, 1.82) is 0 Å². The van der Waals surface area contributed by atoms with Crippen LogP contribution in [0, 0.1) is 12.7 Å². The van der Waals surface area contributed by atoms with Crippen LogP contribution < -0.4 is 5.32 Å².